The van der Waals surface area contributed by atoms with E-state index in [1.54, 1.807) is 0 Å². The molecule has 0 spiro atoms. The molecule has 0 radical (unpaired) electrons. The van der Waals surface area contributed by atoms with Crippen molar-refractivity contribution in [3.63, 3.8) is 0 Å². The van der Waals surface area contributed by atoms with Crippen molar-refractivity contribution in [2.45, 2.75) is 77.0 Å². The lowest BCUT2D eigenvalue weighted by Crippen LogP contribution is -2.43. The molecule has 2 aliphatic rings. The first kappa shape index (κ1) is 35.1. The first-order valence-electron chi connectivity index (χ1n) is 19.9. The molecular formula is C54H51N. The number of hydrogen-bond acceptors (Lipinski definition) is 1. The van der Waals surface area contributed by atoms with Gasteiger partial charge in [-0.2, -0.15) is 0 Å². The number of rotatable bonds is 5. The van der Waals surface area contributed by atoms with Crippen LogP contribution in [0.5, 0.6) is 0 Å². The van der Waals surface area contributed by atoms with Gasteiger partial charge in [0.2, 0.25) is 0 Å². The van der Waals surface area contributed by atoms with Crippen LogP contribution in [-0.2, 0) is 21.7 Å². The Hall–Kier alpha value is -5.66. The molecule has 2 aliphatic carbocycles. The zero-order valence-electron chi connectivity index (χ0n) is 33.5. The van der Waals surface area contributed by atoms with E-state index in [1.807, 2.05) is 0 Å². The van der Waals surface area contributed by atoms with Crippen LogP contribution in [0.2, 0.25) is 0 Å². The fourth-order valence-electron chi connectivity index (χ4n) is 9.58. The number of nitrogens with zero attached hydrogens (tertiary/aromatic N) is 1. The molecule has 0 atom stereocenters. The van der Waals surface area contributed by atoms with Gasteiger partial charge in [-0.1, -0.05) is 177 Å². The van der Waals surface area contributed by atoms with Crippen LogP contribution in [0.4, 0.5) is 17.1 Å². The molecule has 1 nitrogen and oxygen atoms in total. The minimum absolute atomic E-state index is 0.00456. The second-order valence-corrected chi connectivity index (χ2v) is 17.9. The van der Waals surface area contributed by atoms with Crippen LogP contribution in [-0.4, -0.2) is 0 Å². The van der Waals surface area contributed by atoms with Crippen molar-refractivity contribution in [2.75, 3.05) is 4.90 Å². The SMILES string of the molecule is CC1(C)c2ccccc2-c2cc(N(c3ccccc3)c3cccc(-c4ccc5c(c4)C(C)(C)C(C)(C)c4cccc(-c6ccccc6)c4-5)c3)ccc2C1(C)C. The van der Waals surface area contributed by atoms with E-state index >= 15 is 0 Å². The summed E-state index contributed by atoms with van der Waals surface area (Å²) >= 11 is 0. The lowest BCUT2D eigenvalue weighted by atomic mass is 9.54. The Morgan fingerprint density at radius 3 is 1.55 bits per heavy atom. The standard InChI is InChI=1S/C54H51N/c1-51(2)46-27-16-15-25-43(46)45-35-41(30-32-47(45)52(51,3)4)55(39-22-13-10-14-23-39)40-24-17-21-37(33-40)38-29-31-44-49(34-38)54(7,8)53(5,6)48-28-18-26-42(50(44)48)36-19-11-9-12-20-36/h9-35H,1-8H3. The van der Waals surface area contributed by atoms with Gasteiger partial charge in [0.25, 0.3) is 0 Å². The van der Waals surface area contributed by atoms with E-state index in [0.717, 1.165) is 17.1 Å². The van der Waals surface area contributed by atoms with Gasteiger partial charge in [0.05, 0.1) is 0 Å². The minimum Gasteiger partial charge on any atom is -0.310 e. The Morgan fingerprint density at radius 2 is 0.800 bits per heavy atom. The highest BCUT2D eigenvalue weighted by atomic mass is 15.1. The fraction of sp³-hybridized carbons (Fsp3) is 0.222. The van der Waals surface area contributed by atoms with Gasteiger partial charge in [0.15, 0.2) is 0 Å². The van der Waals surface area contributed by atoms with E-state index in [1.165, 1.54) is 66.8 Å². The van der Waals surface area contributed by atoms with Crippen molar-refractivity contribution in [3.05, 3.63) is 186 Å². The van der Waals surface area contributed by atoms with Gasteiger partial charge < -0.3 is 4.90 Å². The summed E-state index contributed by atoms with van der Waals surface area (Å²) in [4.78, 5) is 2.42. The number of anilines is 3. The van der Waals surface area contributed by atoms with Crippen LogP contribution in [0.15, 0.2) is 164 Å². The van der Waals surface area contributed by atoms with Gasteiger partial charge in [-0.25, -0.2) is 0 Å². The molecule has 0 bridgehead atoms. The summed E-state index contributed by atoms with van der Waals surface area (Å²) in [5.74, 6) is 0. The normalized spacial score (nSPS) is 16.6. The number of hydrogen-bond donors (Lipinski definition) is 0. The molecule has 0 amide bonds. The van der Waals surface area contributed by atoms with E-state index in [2.05, 4.69) is 224 Å². The lowest BCUT2D eigenvalue weighted by molar-refractivity contribution is 0.299. The molecule has 0 heterocycles. The summed E-state index contributed by atoms with van der Waals surface area (Å²) in [6, 6.07) is 61.1. The second-order valence-electron chi connectivity index (χ2n) is 17.9. The molecule has 0 unspecified atom stereocenters. The molecule has 272 valence electrons. The van der Waals surface area contributed by atoms with Crippen LogP contribution in [0.1, 0.15) is 77.6 Å². The van der Waals surface area contributed by atoms with Crippen LogP contribution in [0.25, 0.3) is 44.5 Å². The predicted molar refractivity (Wildman–Crippen MR) is 235 cm³/mol. The Morgan fingerprint density at radius 1 is 0.291 bits per heavy atom. The van der Waals surface area contributed by atoms with Gasteiger partial charge in [-0.3, -0.25) is 0 Å². The highest BCUT2D eigenvalue weighted by Crippen LogP contribution is 2.57. The largest absolute Gasteiger partial charge is 0.310 e. The maximum absolute atomic E-state index is 2.48. The third kappa shape index (κ3) is 5.20. The summed E-state index contributed by atoms with van der Waals surface area (Å²) in [6.45, 7) is 19.3. The topological polar surface area (TPSA) is 3.24 Å². The van der Waals surface area contributed by atoms with E-state index in [-0.39, 0.29) is 21.7 Å². The summed E-state index contributed by atoms with van der Waals surface area (Å²) in [5.41, 5.74) is 19.2. The molecule has 0 N–H and O–H groups in total. The number of fused-ring (bicyclic) bond motifs is 6. The van der Waals surface area contributed by atoms with Crippen molar-refractivity contribution in [2.24, 2.45) is 0 Å². The summed E-state index contributed by atoms with van der Waals surface area (Å²) < 4.78 is 0. The average molecular weight is 714 g/mol. The predicted octanol–water partition coefficient (Wildman–Crippen LogP) is 15.0. The van der Waals surface area contributed by atoms with Gasteiger partial charge in [-0.15, -0.1) is 0 Å². The maximum atomic E-state index is 2.48. The minimum atomic E-state index is -0.101. The van der Waals surface area contributed by atoms with E-state index in [9.17, 15) is 0 Å². The number of benzene rings is 7. The molecule has 9 rings (SSSR count). The molecule has 0 saturated carbocycles. The molecule has 0 saturated heterocycles. The molecular weight excluding hydrogens is 663 g/mol. The van der Waals surface area contributed by atoms with E-state index < -0.39 is 0 Å². The van der Waals surface area contributed by atoms with Crippen LogP contribution >= 0.6 is 0 Å². The average Bonchev–Trinajstić information content (AvgIpc) is 3.20. The van der Waals surface area contributed by atoms with Crippen molar-refractivity contribution in [3.8, 4) is 44.5 Å². The van der Waals surface area contributed by atoms with Crippen molar-refractivity contribution in [1.82, 2.24) is 0 Å². The quantitative estimate of drug-likeness (QED) is 0.172. The van der Waals surface area contributed by atoms with Crippen molar-refractivity contribution >= 4 is 17.1 Å². The maximum Gasteiger partial charge on any atom is 0.0468 e. The summed E-state index contributed by atoms with van der Waals surface area (Å²) in [5, 5.41) is 0. The Labute approximate surface area is 328 Å². The zero-order chi connectivity index (χ0) is 38.3. The third-order valence-electron chi connectivity index (χ3n) is 14.2. The van der Waals surface area contributed by atoms with Gasteiger partial charge in [-0.05, 0) is 131 Å². The van der Waals surface area contributed by atoms with Crippen molar-refractivity contribution in [1.29, 1.82) is 0 Å². The molecule has 7 aromatic rings. The van der Waals surface area contributed by atoms with Gasteiger partial charge >= 0.3 is 0 Å². The smallest absolute Gasteiger partial charge is 0.0468 e. The van der Waals surface area contributed by atoms with Gasteiger partial charge in [0, 0.05) is 17.1 Å². The second kappa shape index (κ2) is 12.4. The Balaban J connectivity index is 1.19. The first-order valence-corrected chi connectivity index (χ1v) is 19.9. The monoisotopic (exact) mass is 713 g/mol. The Kier molecular flexibility index (Phi) is 7.93. The molecule has 1 heteroatoms. The number of para-hydroxylation sites is 1. The van der Waals surface area contributed by atoms with E-state index in [4.69, 9.17) is 0 Å². The summed E-state index contributed by atoms with van der Waals surface area (Å²) in [6.07, 6.45) is 0. The van der Waals surface area contributed by atoms with Crippen molar-refractivity contribution < 1.29 is 0 Å². The molecule has 0 aromatic heterocycles. The van der Waals surface area contributed by atoms with Crippen LogP contribution in [0, 0.1) is 0 Å². The highest BCUT2D eigenvalue weighted by molar-refractivity contribution is 5.92. The summed E-state index contributed by atoms with van der Waals surface area (Å²) in [7, 11) is 0. The molecule has 7 aromatic carbocycles. The zero-order valence-corrected chi connectivity index (χ0v) is 33.5. The van der Waals surface area contributed by atoms with Gasteiger partial charge in [0.1, 0.15) is 0 Å². The fourth-order valence-corrected chi connectivity index (χ4v) is 9.58. The van der Waals surface area contributed by atoms with Crippen LogP contribution < -0.4 is 4.90 Å². The molecule has 0 fully saturated rings. The lowest BCUT2D eigenvalue weighted by Gasteiger charge is -2.49. The third-order valence-corrected chi connectivity index (χ3v) is 14.2. The molecule has 55 heavy (non-hydrogen) atoms. The van der Waals surface area contributed by atoms with E-state index in [0.29, 0.717) is 0 Å². The van der Waals surface area contributed by atoms with Crippen LogP contribution in [0.3, 0.4) is 0 Å². The molecule has 0 aliphatic heterocycles. The first-order chi connectivity index (χ1) is 26.3. The Bertz CT molecular complexity index is 2590. The highest BCUT2D eigenvalue weighted by Gasteiger charge is 2.47.